The molecule has 0 atom stereocenters. The number of nitrogens with one attached hydrogen (secondary N) is 1. The zero-order valence-corrected chi connectivity index (χ0v) is 13.0. The normalized spacial score (nSPS) is 10.1. The monoisotopic (exact) mass is 333 g/mol. The number of benzene rings is 2. The molecule has 6 heteroatoms. The minimum Gasteiger partial charge on any atom is -0.493 e. The summed E-state index contributed by atoms with van der Waals surface area (Å²) >= 11 is 5.77. The van der Waals surface area contributed by atoms with E-state index in [0.29, 0.717) is 10.8 Å². The molecule has 0 fully saturated rings. The van der Waals surface area contributed by atoms with E-state index in [2.05, 4.69) is 5.32 Å². The van der Waals surface area contributed by atoms with Crippen LogP contribution in [-0.2, 0) is 11.3 Å². The van der Waals surface area contributed by atoms with Gasteiger partial charge in [-0.1, -0.05) is 23.7 Å². The summed E-state index contributed by atoms with van der Waals surface area (Å²) in [5.74, 6) is -0.509. The lowest BCUT2D eigenvalue weighted by atomic mass is 10.1. The topological polar surface area (TPSA) is 75.6 Å². The number of hydrogen-bond donors (Lipinski definition) is 2. The van der Waals surface area contributed by atoms with Crippen LogP contribution in [-0.4, -0.2) is 23.6 Å². The van der Waals surface area contributed by atoms with E-state index in [0.717, 1.165) is 5.56 Å². The highest BCUT2D eigenvalue weighted by Crippen LogP contribution is 2.15. The van der Waals surface area contributed by atoms with Gasteiger partial charge in [-0.25, -0.2) is 4.79 Å². The third-order valence-electron chi connectivity index (χ3n) is 3.08. The lowest BCUT2D eigenvalue weighted by molar-refractivity contribution is -0.121. The molecule has 0 radical (unpaired) electrons. The lowest BCUT2D eigenvalue weighted by Crippen LogP contribution is -2.24. The summed E-state index contributed by atoms with van der Waals surface area (Å²) < 4.78 is 5.44. The third kappa shape index (κ3) is 5.64. The molecule has 0 aliphatic carbocycles. The Hall–Kier alpha value is -2.53. The molecule has 2 N–H and O–H groups in total. The number of aromatic carboxylic acids is 1. The second-order valence-electron chi connectivity index (χ2n) is 4.83. The first-order valence-electron chi connectivity index (χ1n) is 7.02. The van der Waals surface area contributed by atoms with E-state index in [4.69, 9.17) is 21.4 Å². The summed E-state index contributed by atoms with van der Waals surface area (Å²) in [6.45, 7) is 0.531. The summed E-state index contributed by atoms with van der Waals surface area (Å²) in [6.07, 6.45) is 0.210. The van der Waals surface area contributed by atoms with Gasteiger partial charge in [-0.3, -0.25) is 4.79 Å². The van der Waals surface area contributed by atoms with Gasteiger partial charge in [0.05, 0.1) is 18.6 Å². The van der Waals surface area contributed by atoms with Crippen LogP contribution in [0.4, 0.5) is 0 Å². The van der Waals surface area contributed by atoms with Crippen molar-refractivity contribution in [3.8, 4) is 5.75 Å². The number of hydrogen-bond acceptors (Lipinski definition) is 3. The fraction of sp³-hybridized carbons (Fsp3) is 0.176. The standard InChI is InChI=1S/C17H16ClNO4/c18-14-4-6-15(7-5-14)23-9-8-16(20)19-11-12-2-1-3-13(10-12)17(21)22/h1-7,10H,8-9,11H2,(H,19,20)(H,21,22). The minimum atomic E-state index is -0.991. The summed E-state index contributed by atoms with van der Waals surface area (Å²) in [5.41, 5.74) is 0.930. The van der Waals surface area contributed by atoms with Crippen LogP contribution in [0.2, 0.25) is 5.02 Å². The number of halogens is 1. The smallest absolute Gasteiger partial charge is 0.335 e. The number of carbonyl (C=O) groups is 2. The van der Waals surface area contributed by atoms with E-state index in [9.17, 15) is 9.59 Å². The van der Waals surface area contributed by atoms with Crippen molar-refractivity contribution < 1.29 is 19.4 Å². The molecule has 120 valence electrons. The molecular formula is C17H16ClNO4. The highest BCUT2D eigenvalue weighted by atomic mass is 35.5. The largest absolute Gasteiger partial charge is 0.493 e. The molecule has 23 heavy (non-hydrogen) atoms. The first-order chi connectivity index (χ1) is 11.0. The molecule has 0 saturated heterocycles. The molecule has 0 aliphatic heterocycles. The molecule has 2 rings (SSSR count). The van der Waals surface area contributed by atoms with Crippen molar-refractivity contribution in [1.82, 2.24) is 5.32 Å². The van der Waals surface area contributed by atoms with Gasteiger partial charge in [0, 0.05) is 11.6 Å². The summed E-state index contributed by atoms with van der Waals surface area (Å²) in [5, 5.41) is 12.3. The van der Waals surface area contributed by atoms with Crippen LogP contribution in [0.3, 0.4) is 0 Å². The highest BCUT2D eigenvalue weighted by molar-refractivity contribution is 6.30. The average Bonchev–Trinajstić information content (AvgIpc) is 2.55. The number of carboxylic acid groups (broad SMARTS) is 1. The van der Waals surface area contributed by atoms with Gasteiger partial charge in [0.15, 0.2) is 0 Å². The zero-order chi connectivity index (χ0) is 16.7. The Labute approximate surface area is 138 Å². The quantitative estimate of drug-likeness (QED) is 0.816. The Kier molecular flexibility index (Phi) is 6.00. The predicted molar refractivity (Wildman–Crippen MR) is 86.8 cm³/mol. The van der Waals surface area contributed by atoms with E-state index in [1.54, 1.807) is 36.4 Å². The number of rotatable bonds is 7. The van der Waals surface area contributed by atoms with Crippen LogP contribution < -0.4 is 10.1 Å². The van der Waals surface area contributed by atoms with Gasteiger partial charge in [-0.05, 0) is 42.0 Å². The Morgan fingerprint density at radius 1 is 1.13 bits per heavy atom. The number of carboxylic acids is 1. The molecule has 0 aromatic heterocycles. The number of carbonyl (C=O) groups excluding carboxylic acids is 1. The molecule has 2 aromatic carbocycles. The van der Waals surface area contributed by atoms with Crippen molar-refractivity contribution in [1.29, 1.82) is 0 Å². The zero-order valence-electron chi connectivity index (χ0n) is 12.3. The molecule has 0 saturated carbocycles. The minimum absolute atomic E-state index is 0.167. The van der Waals surface area contributed by atoms with Crippen molar-refractivity contribution >= 4 is 23.5 Å². The third-order valence-corrected chi connectivity index (χ3v) is 3.33. The van der Waals surface area contributed by atoms with Crippen LogP contribution in [0.5, 0.6) is 5.75 Å². The van der Waals surface area contributed by atoms with Crippen molar-refractivity contribution in [3.63, 3.8) is 0 Å². The molecule has 5 nitrogen and oxygen atoms in total. The molecule has 0 spiro atoms. The van der Waals surface area contributed by atoms with E-state index in [1.165, 1.54) is 12.1 Å². The number of ether oxygens (including phenoxy) is 1. The second kappa shape index (κ2) is 8.19. The SMILES string of the molecule is O=C(CCOc1ccc(Cl)cc1)NCc1cccc(C(=O)O)c1. The van der Waals surface area contributed by atoms with Crippen molar-refractivity contribution in [2.24, 2.45) is 0 Å². The van der Waals surface area contributed by atoms with E-state index in [1.807, 2.05) is 0 Å². The maximum absolute atomic E-state index is 11.8. The van der Waals surface area contributed by atoms with Crippen molar-refractivity contribution in [3.05, 3.63) is 64.7 Å². The van der Waals surface area contributed by atoms with Gasteiger partial charge in [0.1, 0.15) is 5.75 Å². The first-order valence-corrected chi connectivity index (χ1v) is 7.39. The highest BCUT2D eigenvalue weighted by Gasteiger charge is 2.05. The van der Waals surface area contributed by atoms with Crippen LogP contribution >= 0.6 is 11.6 Å². The maximum atomic E-state index is 11.8. The van der Waals surface area contributed by atoms with Crippen LogP contribution in [0, 0.1) is 0 Å². The molecule has 0 heterocycles. The summed E-state index contributed by atoms with van der Waals surface area (Å²) in [4.78, 5) is 22.6. The van der Waals surface area contributed by atoms with Gasteiger partial charge >= 0.3 is 5.97 Å². The molecule has 1 amide bonds. The molecule has 0 bridgehead atoms. The Bertz CT molecular complexity index is 685. The van der Waals surface area contributed by atoms with Crippen LogP contribution in [0.15, 0.2) is 48.5 Å². The number of amides is 1. The Morgan fingerprint density at radius 3 is 2.57 bits per heavy atom. The van der Waals surface area contributed by atoms with E-state index < -0.39 is 5.97 Å². The van der Waals surface area contributed by atoms with Crippen LogP contribution in [0.1, 0.15) is 22.3 Å². The van der Waals surface area contributed by atoms with Gasteiger partial charge in [0.2, 0.25) is 5.91 Å². The molecule has 0 unspecified atom stereocenters. The Balaban J connectivity index is 1.73. The van der Waals surface area contributed by atoms with Crippen LogP contribution in [0.25, 0.3) is 0 Å². The fourth-order valence-corrected chi connectivity index (χ4v) is 2.02. The van der Waals surface area contributed by atoms with E-state index in [-0.39, 0.29) is 31.0 Å². The molecular weight excluding hydrogens is 318 g/mol. The lowest BCUT2D eigenvalue weighted by Gasteiger charge is -2.08. The fourth-order valence-electron chi connectivity index (χ4n) is 1.90. The second-order valence-corrected chi connectivity index (χ2v) is 5.27. The predicted octanol–water partition coefficient (Wildman–Crippen LogP) is 3.12. The maximum Gasteiger partial charge on any atom is 0.335 e. The summed E-state index contributed by atoms with van der Waals surface area (Å²) in [6, 6.07) is 13.3. The van der Waals surface area contributed by atoms with Crippen molar-refractivity contribution in [2.75, 3.05) is 6.61 Å². The molecule has 0 aliphatic rings. The van der Waals surface area contributed by atoms with Gasteiger partial charge in [0.25, 0.3) is 0 Å². The first kappa shape index (κ1) is 16.8. The van der Waals surface area contributed by atoms with E-state index >= 15 is 0 Å². The molecule has 2 aromatic rings. The van der Waals surface area contributed by atoms with Gasteiger partial charge in [-0.2, -0.15) is 0 Å². The summed E-state index contributed by atoms with van der Waals surface area (Å²) in [7, 11) is 0. The Morgan fingerprint density at radius 2 is 1.87 bits per heavy atom. The van der Waals surface area contributed by atoms with Gasteiger partial charge in [-0.15, -0.1) is 0 Å². The average molecular weight is 334 g/mol. The van der Waals surface area contributed by atoms with Gasteiger partial charge < -0.3 is 15.2 Å². The van der Waals surface area contributed by atoms with Crippen molar-refractivity contribution in [2.45, 2.75) is 13.0 Å².